The van der Waals surface area contributed by atoms with Crippen molar-refractivity contribution in [1.29, 1.82) is 0 Å². The normalized spacial score (nSPS) is 36.0. The number of nitrogens with one attached hydrogen (secondary N) is 1. The standard InChI is InChI=1S/C14H28N2O/c1-3-12-4-6-13(7-5-12)16-8-9-17-14(11-16)10-15-2/h12-15H,3-11H2,1-2H3. The number of ether oxygens (including phenoxy) is 1. The number of morpholine rings is 1. The van der Waals surface area contributed by atoms with Gasteiger partial charge in [0.1, 0.15) is 0 Å². The molecule has 0 aromatic rings. The summed E-state index contributed by atoms with van der Waals surface area (Å²) in [6, 6.07) is 0.834. The molecule has 3 nitrogen and oxygen atoms in total. The minimum Gasteiger partial charge on any atom is -0.374 e. The molecule has 1 saturated carbocycles. The fourth-order valence-electron chi connectivity index (χ4n) is 3.34. The van der Waals surface area contributed by atoms with Crippen LogP contribution in [0.25, 0.3) is 0 Å². The average molecular weight is 240 g/mol. The first kappa shape index (κ1) is 13.3. The van der Waals surface area contributed by atoms with Gasteiger partial charge in [-0.3, -0.25) is 4.90 Å². The Morgan fingerprint density at radius 3 is 2.65 bits per heavy atom. The molecule has 0 amide bonds. The lowest BCUT2D eigenvalue weighted by molar-refractivity contribution is -0.0481. The lowest BCUT2D eigenvalue weighted by Gasteiger charge is -2.41. The lowest BCUT2D eigenvalue weighted by atomic mass is 9.84. The molecule has 100 valence electrons. The van der Waals surface area contributed by atoms with E-state index in [1.54, 1.807) is 0 Å². The molecule has 1 atom stereocenters. The Labute approximate surface area is 106 Å². The van der Waals surface area contributed by atoms with E-state index in [9.17, 15) is 0 Å². The average Bonchev–Trinajstić information content (AvgIpc) is 2.40. The van der Waals surface area contributed by atoms with E-state index < -0.39 is 0 Å². The minimum absolute atomic E-state index is 0.401. The van der Waals surface area contributed by atoms with Crippen molar-refractivity contribution >= 4 is 0 Å². The zero-order valence-corrected chi connectivity index (χ0v) is 11.5. The van der Waals surface area contributed by atoms with Crippen molar-refractivity contribution in [3.8, 4) is 0 Å². The van der Waals surface area contributed by atoms with Crippen LogP contribution in [0.5, 0.6) is 0 Å². The topological polar surface area (TPSA) is 24.5 Å². The third-order valence-corrected chi connectivity index (χ3v) is 4.51. The fraction of sp³-hybridized carbons (Fsp3) is 1.00. The highest BCUT2D eigenvalue weighted by Gasteiger charge is 2.29. The first-order valence-electron chi connectivity index (χ1n) is 7.33. The SMILES string of the molecule is CCC1CCC(N2CCOC(CNC)C2)CC1. The number of hydrogen-bond acceptors (Lipinski definition) is 3. The van der Waals surface area contributed by atoms with Gasteiger partial charge in [-0.25, -0.2) is 0 Å². The summed E-state index contributed by atoms with van der Waals surface area (Å²) in [6.45, 7) is 6.51. The molecular weight excluding hydrogens is 212 g/mol. The van der Waals surface area contributed by atoms with Crippen LogP contribution < -0.4 is 5.32 Å². The molecule has 1 heterocycles. The molecular formula is C14H28N2O. The first-order chi connectivity index (χ1) is 8.33. The second kappa shape index (κ2) is 6.72. The van der Waals surface area contributed by atoms with Crippen LogP contribution in [0.1, 0.15) is 39.0 Å². The molecule has 17 heavy (non-hydrogen) atoms. The molecule has 1 saturated heterocycles. The van der Waals surface area contributed by atoms with E-state index in [4.69, 9.17) is 4.74 Å². The van der Waals surface area contributed by atoms with E-state index in [0.717, 1.165) is 38.2 Å². The number of hydrogen-bond donors (Lipinski definition) is 1. The summed E-state index contributed by atoms with van der Waals surface area (Å²) >= 11 is 0. The van der Waals surface area contributed by atoms with Crippen molar-refractivity contribution < 1.29 is 4.74 Å². The van der Waals surface area contributed by atoms with Gasteiger partial charge < -0.3 is 10.1 Å². The highest BCUT2D eigenvalue weighted by Crippen LogP contribution is 2.30. The zero-order chi connectivity index (χ0) is 12.1. The van der Waals surface area contributed by atoms with Crippen molar-refractivity contribution in [1.82, 2.24) is 10.2 Å². The fourth-order valence-corrected chi connectivity index (χ4v) is 3.34. The van der Waals surface area contributed by atoms with E-state index in [-0.39, 0.29) is 0 Å². The highest BCUT2D eigenvalue weighted by atomic mass is 16.5. The molecule has 0 spiro atoms. The molecule has 2 aliphatic rings. The Kier molecular flexibility index (Phi) is 5.26. The van der Waals surface area contributed by atoms with Gasteiger partial charge >= 0.3 is 0 Å². The Morgan fingerprint density at radius 1 is 1.24 bits per heavy atom. The van der Waals surface area contributed by atoms with Crippen LogP contribution in [0.4, 0.5) is 0 Å². The number of likely N-dealkylation sites (N-methyl/N-ethyl adjacent to an activating group) is 1. The van der Waals surface area contributed by atoms with E-state index in [2.05, 4.69) is 17.1 Å². The summed E-state index contributed by atoms with van der Waals surface area (Å²) in [7, 11) is 2.01. The van der Waals surface area contributed by atoms with Crippen LogP contribution in [0.2, 0.25) is 0 Å². The van der Waals surface area contributed by atoms with E-state index >= 15 is 0 Å². The Balaban J connectivity index is 1.77. The molecule has 0 radical (unpaired) electrons. The van der Waals surface area contributed by atoms with Gasteiger partial charge in [0.25, 0.3) is 0 Å². The van der Waals surface area contributed by atoms with E-state index in [0.29, 0.717) is 6.10 Å². The summed E-state index contributed by atoms with van der Waals surface area (Å²) in [6.07, 6.45) is 7.47. The second-order valence-corrected chi connectivity index (χ2v) is 5.63. The van der Waals surface area contributed by atoms with Crippen molar-refractivity contribution in [2.45, 2.75) is 51.2 Å². The summed E-state index contributed by atoms with van der Waals surface area (Å²) in [4.78, 5) is 2.68. The molecule has 1 aliphatic heterocycles. The molecule has 2 rings (SSSR count). The van der Waals surface area contributed by atoms with Crippen LogP contribution in [-0.4, -0.2) is 50.3 Å². The van der Waals surface area contributed by atoms with Crippen LogP contribution in [0.15, 0.2) is 0 Å². The largest absolute Gasteiger partial charge is 0.374 e. The predicted octanol–water partition coefficient (Wildman–Crippen LogP) is 1.88. The van der Waals surface area contributed by atoms with Crippen LogP contribution in [-0.2, 0) is 4.74 Å². The summed E-state index contributed by atoms with van der Waals surface area (Å²) in [5.74, 6) is 1.00. The highest BCUT2D eigenvalue weighted by molar-refractivity contribution is 4.83. The smallest absolute Gasteiger partial charge is 0.0826 e. The Morgan fingerprint density at radius 2 is 2.00 bits per heavy atom. The Hall–Kier alpha value is -0.120. The Bertz CT molecular complexity index is 212. The second-order valence-electron chi connectivity index (χ2n) is 5.63. The van der Waals surface area contributed by atoms with Gasteiger partial charge in [0.2, 0.25) is 0 Å². The summed E-state index contributed by atoms with van der Waals surface area (Å²) < 4.78 is 5.78. The molecule has 1 unspecified atom stereocenters. The van der Waals surface area contributed by atoms with Gasteiger partial charge in [0.15, 0.2) is 0 Å². The lowest BCUT2D eigenvalue weighted by Crippen LogP contribution is -2.51. The van der Waals surface area contributed by atoms with Crippen molar-refractivity contribution in [3.63, 3.8) is 0 Å². The van der Waals surface area contributed by atoms with Gasteiger partial charge in [-0.2, -0.15) is 0 Å². The molecule has 2 fully saturated rings. The van der Waals surface area contributed by atoms with Gasteiger partial charge in [0, 0.05) is 25.7 Å². The molecule has 3 heteroatoms. The molecule has 0 aromatic carbocycles. The maximum absolute atomic E-state index is 5.78. The van der Waals surface area contributed by atoms with Crippen LogP contribution in [0, 0.1) is 5.92 Å². The third-order valence-electron chi connectivity index (χ3n) is 4.51. The van der Waals surface area contributed by atoms with Crippen LogP contribution >= 0.6 is 0 Å². The molecule has 0 bridgehead atoms. The van der Waals surface area contributed by atoms with Crippen molar-refractivity contribution in [2.24, 2.45) is 5.92 Å². The van der Waals surface area contributed by atoms with Gasteiger partial charge in [-0.15, -0.1) is 0 Å². The first-order valence-corrected chi connectivity index (χ1v) is 7.33. The number of rotatable bonds is 4. The van der Waals surface area contributed by atoms with E-state index in [1.807, 2.05) is 7.05 Å². The molecule has 1 N–H and O–H groups in total. The minimum atomic E-state index is 0.401. The van der Waals surface area contributed by atoms with Gasteiger partial charge in [-0.1, -0.05) is 13.3 Å². The van der Waals surface area contributed by atoms with Crippen molar-refractivity contribution in [2.75, 3.05) is 33.3 Å². The predicted molar refractivity (Wildman–Crippen MR) is 71.3 cm³/mol. The summed E-state index contributed by atoms with van der Waals surface area (Å²) in [5.41, 5.74) is 0. The quantitative estimate of drug-likeness (QED) is 0.812. The zero-order valence-electron chi connectivity index (χ0n) is 11.5. The van der Waals surface area contributed by atoms with Gasteiger partial charge in [0.05, 0.1) is 12.7 Å². The maximum atomic E-state index is 5.78. The molecule has 0 aromatic heterocycles. The third kappa shape index (κ3) is 3.67. The maximum Gasteiger partial charge on any atom is 0.0826 e. The molecule has 1 aliphatic carbocycles. The monoisotopic (exact) mass is 240 g/mol. The van der Waals surface area contributed by atoms with Crippen LogP contribution in [0.3, 0.4) is 0 Å². The van der Waals surface area contributed by atoms with E-state index in [1.165, 1.54) is 32.1 Å². The van der Waals surface area contributed by atoms with Gasteiger partial charge in [-0.05, 0) is 38.6 Å². The van der Waals surface area contributed by atoms with Crippen molar-refractivity contribution in [3.05, 3.63) is 0 Å². The summed E-state index contributed by atoms with van der Waals surface area (Å²) in [5, 5.41) is 3.23. The number of nitrogens with zero attached hydrogens (tertiary/aromatic N) is 1.